The molecule has 14 heteroatoms. The molecule has 302 valence electrons. The highest BCUT2D eigenvalue weighted by atomic mass is 32.2. The fourth-order valence-electron chi connectivity index (χ4n) is 14.7. The van der Waals surface area contributed by atoms with E-state index in [9.17, 15) is 36.9 Å². The fourth-order valence-corrected chi connectivity index (χ4v) is 15.0. The summed E-state index contributed by atoms with van der Waals surface area (Å²) in [6.07, 6.45) is 9.38. The van der Waals surface area contributed by atoms with Crippen LogP contribution in [0.3, 0.4) is 0 Å². The molecule has 13 fully saturated rings. The summed E-state index contributed by atoms with van der Waals surface area (Å²) < 4.78 is 63.3. The number of carbonyl (C=O) groups excluding carboxylic acids is 5. The summed E-state index contributed by atoms with van der Waals surface area (Å²) in [6, 6.07) is 0. The number of esters is 3. The number of rotatable bonds is 10. The van der Waals surface area contributed by atoms with Crippen LogP contribution in [0.15, 0.2) is 0 Å². The Labute approximate surface area is 321 Å². The monoisotopic (exact) mass is 786 g/mol. The molecule has 8 atom stereocenters. The van der Waals surface area contributed by atoms with Gasteiger partial charge in [-0.2, -0.15) is 8.42 Å². The maximum Gasteiger partial charge on any atom is 0.329 e. The van der Waals surface area contributed by atoms with E-state index in [1.165, 1.54) is 0 Å². The van der Waals surface area contributed by atoms with Crippen molar-refractivity contribution in [1.82, 2.24) is 0 Å². The number of ketones is 2. The molecule has 0 aromatic rings. The highest BCUT2D eigenvalue weighted by molar-refractivity contribution is 7.88. The molecule has 12 saturated carbocycles. The van der Waals surface area contributed by atoms with E-state index in [4.69, 9.17) is 23.7 Å². The molecule has 12 aliphatic carbocycles. The van der Waals surface area contributed by atoms with Gasteiger partial charge in [-0.15, -0.1) is 0 Å². The lowest BCUT2D eigenvalue weighted by molar-refractivity contribution is -0.317. The maximum absolute atomic E-state index is 14.0. The molecule has 55 heavy (non-hydrogen) atoms. The number of hydrogen-bond donors (Lipinski definition) is 1. The summed E-state index contributed by atoms with van der Waals surface area (Å²) in [5.74, 6) is -1.38. The smallest absolute Gasteiger partial charge is 0.329 e. The van der Waals surface area contributed by atoms with E-state index in [0.29, 0.717) is 67.8 Å². The predicted molar refractivity (Wildman–Crippen MR) is 189 cm³/mol. The van der Waals surface area contributed by atoms with Crippen LogP contribution in [0.25, 0.3) is 0 Å². The summed E-state index contributed by atoms with van der Waals surface area (Å²) in [5.41, 5.74) is -1.72. The van der Waals surface area contributed by atoms with Crippen molar-refractivity contribution in [3.05, 3.63) is 0 Å². The molecule has 1 spiro atoms. The molecule has 12 bridgehead atoms. The van der Waals surface area contributed by atoms with Gasteiger partial charge < -0.3 is 23.7 Å². The summed E-state index contributed by atoms with van der Waals surface area (Å²) in [7, 11) is -4.68. The van der Waals surface area contributed by atoms with E-state index in [1.807, 2.05) is 0 Å². The lowest BCUT2D eigenvalue weighted by atomic mass is 9.47. The fraction of sp³-hybridized carbons (Fsp3) is 0.878. The Morgan fingerprint density at radius 2 is 1.07 bits per heavy atom. The second kappa shape index (κ2) is 12.1. The van der Waals surface area contributed by atoms with E-state index >= 15 is 0 Å². The molecule has 13 aliphatic rings. The molecule has 13 nitrogen and oxygen atoms in total. The van der Waals surface area contributed by atoms with E-state index in [0.717, 1.165) is 71.6 Å². The highest BCUT2D eigenvalue weighted by Crippen LogP contribution is 2.67. The van der Waals surface area contributed by atoms with Crippen LogP contribution in [-0.2, 0) is 57.8 Å². The van der Waals surface area contributed by atoms with Crippen LogP contribution in [0, 0.1) is 69.5 Å². The second-order valence-corrected chi connectivity index (χ2v) is 22.7. The molecule has 0 amide bonds. The Hall–Kier alpha value is -2.42. The Morgan fingerprint density at radius 1 is 0.655 bits per heavy atom. The van der Waals surface area contributed by atoms with E-state index in [-0.39, 0.29) is 67.3 Å². The quantitative estimate of drug-likeness (QED) is 0.187. The molecule has 1 aliphatic heterocycles. The highest BCUT2D eigenvalue weighted by Gasteiger charge is 2.69. The van der Waals surface area contributed by atoms with Gasteiger partial charge >= 0.3 is 17.9 Å². The van der Waals surface area contributed by atoms with Crippen LogP contribution in [0.1, 0.15) is 110 Å². The van der Waals surface area contributed by atoms with Crippen LogP contribution >= 0.6 is 0 Å². The van der Waals surface area contributed by atoms with E-state index in [1.54, 1.807) is 0 Å². The van der Waals surface area contributed by atoms with Crippen molar-refractivity contribution in [2.45, 2.75) is 133 Å². The van der Waals surface area contributed by atoms with Crippen LogP contribution in [0.5, 0.6) is 0 Å². The Bertz CT molecular complexity index is 1700. The zero-order valence-electron chi connectivity index (χ0n) is 31.8. The predicted octanol–water partition coefficient (Wildman–Crippen LogP) is 4.38. The van der Waals surface area contributed by atoms with Crippen molar-refractivity contribution in [1.29, 1.82) is 0 Å². The molecule has 0 aromatic heterocycles. The zero-order chi connectivity index (χ0) is 38.5. The van der Waals surface area contributed by atoms with Gasteiger partial charge in [-0.25, -0.2) is 0 Å². The third-order valence-electron chi connectivity index (χ3n) is 16.8. The first kappa shape index (κ1) is 36.9. The van der Waals surface area contributed by atoms with Gasteiger partial charge in [-0.3, -0.25) is 28.5 Å². The average molecular weight is 787 g/mol. The van der Waals surface area contributed by atoms with Crippen molar-refractivity contribution < 1.29 is 60.6 Å². The van der Waals surface area contributed by atoms with Crippen LogP contribution < -0.4 is 0 Å². The number of hydrogen-bond acceptors (Lipinski definition) is 12. The first-order valence-corrected chi connectivity index (χ1v) is 22.3. The first-order chi connectivity index (χ1) is 25.9. The SMILES string of the molecule is CC(C)(C(=O)OCC12CC3CC(C1)C1(OC(COC(=O)C45CC6CC(C4)C(=O)C(C6)C5)C(COC(=O)C45CC6CC(C4)C(=O)C(C6)C5)O1)C(C3)C2)S(=O)(=O)O. The molecular weight excluding hydrogens is 733 g/mol. The summed E-state index contributed by atoms with van der Waals surface area (Å²) in [6.45, 7) is 2.14. The minimum atomic E-state index is -4.68. The van der Waals surface area contributed by atoms with Gasteiger partial charge in [-0.1, -0.05) is 0 Å². The van der Waals surface area contributed by atoms with Gasteiger partial charge in [0, 0.05) is 40.9 Å². The van der Waals surface area contributed by atoms with Gasteiger partial charge in [0.2, 0.25) is 0 Å². The Morgan fingerprint density at radius 3 is 1.49 bits per heavy atom. The Kier molecular flexibility index (Phi) is 8.09. The molecule has 8 unspecified atom stereocenters. The van der Waals surface area contributed by atoms with Gasteiger partial charge in [0.25, 0.3) is 10.1 Å². The lowest BCUT2D eigenvalue weighted by Gasteiger charge is -2.62. The van der Waals surface area contributed by atoms with Crippen LogP contribution in [-0.4, -0.2) is 85.0 Å². The van der Waals surface area contributed by atoms with Gasteiger partial charge in [0.15, 0.2) is 10.5 Å². The molecular formula is C41H54O13S. The van der Waals surface area contributed by atoms with E-state index < -0.39 is 55.1 Å². The first-order valence-electron chi connectivity index (χ1n) is 20.8. The summed E-state index contributed by atoms with van der Waals surface area (Å²) >= 11 is 0. The van der Waals surface area contributed by atoms with Gasteiger partial charge in [0.1, 0.15) is 37.0 Å². The van der Waals surface area contributed by atoms with Crippen LogP contribution in [0.4, 0.5) is 0 Å². The topological polar surface area (TPSA) is 186 Å². The van der Waals surface area contributed by atoms with Crippen molar-refractivity contribution in [3.63, 3.8) is 0 Å². The zero-order valence-corrected chi connectivity index (χ0v) is 32.6. The molecule has 1 heterocycles. The second-order valence-electron chi connectivity index (χ2n) is 20.7. The lowest BCUT2D eigenvalue weighted by Crippen LogP contribution is -2.63. The molecule has 13 rings (SSSR count). The van der Waals surface area contributed by atoms with Crippen molar-refractivity contribution in [2.24, 2.45) is 69.5 Å². The minimum absolute atomic E-state index is 0.0214. The minimum Gasteiger partial charge on any atom is -0.464 e. The third kappa shape index (κ3) is 5.52. The maximum atomic E-state index is 14.0. The molecule has 0 aromatic carbocycles. The largest absolute Gasteiger partial charge is 0.464 e. The molecule has 1 saturated heterocycles. The number of Topliss-reactive ketones (excluding diaryl/α,β-unsaturated/α-hetero) is 2. The van der Waals surface area contributed by atoms with Crippen LogP contribution in [0.2, 0.25) is 0 Å². The Balaban J connectivity index is 0.868. The van der Waals surface area contributed by atoms with Gasteiger partial charge in [0.05, 0.1) is 17.4 Å². The van der Waals surface area contributed by atoms with Crippen molar-refractivity contribution in [3.8, 4) is 0 Å². The molecule has 1 N–H and O–H groups in total. The summed E-state index contributed by atoms with van der Waals surface area (Å²) in [5, 5.41) is 0. The van der Waals surface area contributed by atoms with E-state index in [2.05, 4.69) is 0 Å². The standard InChI is InChI=1S/C41H54O13S/c1-37(2,55(47,48)49)34(44)52-20-38-9-23-7-28(16-38)41(29(8-23)17-38)53-30(18-50-35(45)39-10-21-3-24(12-39)32(42)25(4-21)13-39)31(54-41)19-51-36(46)40-11-22-5-26(14-40)33(43)27(6-22)15-40/h21-31H,3-20H2,1-2H3,(H,47,48,49). The average Bonchev–Trinajstić information content (AvgIpc) is 3.49. The normalized spacial score (nSPS) is 48.5. The number of ether oxygens (including phenoxy) is 5. The molecule has 0 radical (unpaired) electrons. The van der Waals surface area contributed by atoms with Gasteiger partial charge in [-0.05, 0) is 128 Å². The van der Waals surface area contributed by atoms with Crippen molar-refractivity contribution in [2.75, 3.05) is 19.8 Å². The summed E-state index contributed by atoms with van der Waals surface area (Å²) in [4.78, 5) is 66.6. The van der Waals surface area contributed by atoms with Crippen molar-refractivity contribution >= 4 is 39.6 Å². The number of carbonyl (C=O) groups is 5. The third-order valence-corrected chi connectivity index (χ3v) is 18.3.